The second-order valence-electron chi connectivity index (χ2n) is 2.69. The second-order valence-corrected chi connectivity index (χ2v) is 2.69. The van der Waals surface area contributed by atoms with Crippen LogP contribution in [0.5, 0.6) is 17.2 Å². The van der Waals surface area contributed by atoms with Crippen LogP contribution in [0, 0.1) is 5.39 Å². The van der Waals surface area contributed by atoms with E-state index in [0.29, 0.717) is 17.2 Å². The standard InChI is InChI=1S/C9H12O3.BF4.N2/c1-10-7-5-4-6-8(11-2)9(7)12-3;2-1(3,4)5;1-2/h4-6H,1-3H3;;/q;-1;/p+1. The van der Waals surface area contributed by atoms with Crippen LogP contribution in [0.1, 0.15) is 0 Å². The summed E-state index contributed by atoms with van der Waals surface area (Å²) in [5.74, 6) is 1.98. The van der Waals surface area contributed by atoms with Crippen molar-refractivity contribution in [2.75, 3.05) is 21.3 Å². The van der Waals surface area contributed by atoms with Gasteiger partial charge < -0.3 is 31.5 Å². The van der Waals surface area contributed by atoms with Crippen LogP contribution in [0.4, 0.5) is 17.3 Å². The van der Waals surface area contributed by atoms with Gasteiger partial charge in [-0.2, -0.15) is 0 Å². The molecule has 1 aromatic carbocycles. The Morgan fingerprint density at radius 2 is 1.21 bits per heavy atom. The lowest BCUT2D eigenvalue weighted by atomic mass is 10.3. The molecule has 0 amide bonds. The Hall–Kier alpha value is -2.18. The van der Waals surface area contributed by atoms with Crippen molar-refractivity contribution < 1.29 is 36.9 Å². The quantitative estimate of drug-likeness (QED) is 0.515. The Kier molecular flexibility index (Phi) is 9.90. The molecule has 0 aliphatic heterocycles. The normalized spacial score (nSPS) is 9.11. The fraction of sp³-hybridized carbons (Fsp3) is 0.333. The van der Waals surface area contributed by atoms with Crippen molar-refractivity contribution in [3.8, 4) is 17.2 Å². The van der Waals surface area contributed by atoms with Gasteiger partial charge in [-0.1, -0.05) is 6.07 Å². The number of nitrogens with zero attached hydrogens (tertiary/aromatic N) is 1. The molecule has 0 atom stereocenters. The van der Waals surface area contributed by atoms with Gasteiger partial charge in [0.1, 0.15) is 0 Å². The zero-order valence-corrected chi connectivity index (χ0v) is 10.5. The van der Waals surface area contributed by atoms with Crippen molar-refractivity contribution >= 4 is 7.25 Å². The second kappa shape index (κ2) is 9.81. The average molecular weight is 284 g/mol. The fourth-order valence-corrected chi connectivity index (χ4v) is 1.02. The maximum Gasteiger partial charge on any atom is 0.673 e. The van der Waals surface area contributed by atoms with Crippen molar-refractivity contribution in [3.63, 3.8) is 0 Å². The van der Waals surface area contributed by atoms with Crippen molar-refractivity contribution in [2.45, 2.75) is 0 Å². The van der Waals surface area contributed by atoms with Gasteiger partial charge in [0, 0.05) is 0 Å². The summed E-state index contributed by atoms with van der Waals surface area (Å²) in [5.41, 5.74) is 0. The maximum atomic E-state index is 9.75. The number of methoxy groups -OCH3 is 3. The molecule has 0 aromatic heterocycles. The Balaban J connectivity index is 0. The Morgan fingerprint density at radius 1 is 0.895 bits per heavy atom. The number of hydrogen-bond acceptors (Lipinski definition) is 4. The maximum absolute atomic E-state index is 9.75. The number of benzene rings is 1. The van der Waals surface area contributed by atoms with Crippen LogP contribution in [0.3, 0.4) is 0 Å². The molecule has 10 heteroatoms. The molecule has 0 unspecified atom stereocenters. The van der Waals surface area contributed by atoms with Crippen molar-refractivity contribution in [1.82, 2.24) is 0 Å². The minimum Gasteiger partial charge on any atom is -0.493 e. The Morgan fingerprint density at radius 3 is 1.42 bits per heavy atom. The highest BCUT2D eigenvalue weighted by molar-refractivity contribution is 6.50. The van der Waals surface area contributed by atoms with Crippen LogP contribution in [-0.4, -0.2) is 28.6 Å². The number of hydrogen-bond donors (Lipinski definition) is 1. The molecule has 108 valence electrons. The summed E-state index contributed by atoms with van der Waals surface area (Å²) < 4.78 is 54.3. The van der Waals surface area contributed by atoms with Crippen LogP contribution in [0.15, 0.2) is 18.2 Å². The molecule has 0 aliphatic carbocycles. The van der Waals surface area contributed by atoms with Gasteiger partial charge in [0.15, 0.2) is 11.5 Å². The summed E-state index contributed by atoms with van der Waals surface area (Å²) in [5, 5.41) is 11.0. The van der Waals surface area contributed by atoms with E-state index in [0.717, 1.165) is 0 Å². The van der Waals surface area contributed by atoms with Crippen LogP contribution in [0.25, 0.3) is 0 Å². The number of diazo groups is 1. The third-order valence-corrected chi connectivity index (χ3v) is 1.59. The van der Waals surface area contributed by atoms with Crippen LogP contribution in [0.2, 0.25) is 0 Å². The molecule has 0 saturated heterocycles. The fourth-order valence-electron chi connectivity index (χ4n) is 1.02. The molecule has 19 heavy (non-hydrogen) atoms. The molecule has 1 rings (SSSR count). The van der Waals surface area contributed by atoms with Gasteiger partial charge in [0.05, 0.1) is 26.7 Å². The largest absolute Gasteiger partial charge is 0.673 e. The first-order valence-corrected chi connectivity index (χ1v) is 4.68. The topological polar surface area (TPSA) is 75.3 Å². The minimum atomic E-state index is -6.00. The van der Waals surface area contributed by atoms with Gasteiger partial charge in [-0.3, -0.25) is 0 Å². The molecule has 1 N–H and O–H groups in total. The summed E-state index contributed by atoms with van der Waals surface area (Å²) >= 11 is 0. The molecule has 0 aliphatic rings. The number of nitrogens with one attached hydrogen (secondary N) is 1. The predicted molar refractivity (Wildman–Crippen MR) is 59.0 cm³/mol. The lowest BCUT2D eigenvalue weighted by Crippen LogP contribution is -2.11. The van der Waals surface area contributed by atoms with Gasteiger partial charge in [0.2, 0.25) is 11.1 Å². The van der Waals surface area contributed by atoms with Crippen LogP contribution >= 0.6 is 0 Å². The van der Waals surface area contributed by atoms with Gasteiger partial charge in [-0.05, 0) is 12.1 Å². The molecular formula is C9H13BF4N2O3. The van der Waals surface area contributed by atoms with E-state index in [-0.39, 0.29) is 0 Å². The van der Waals surface area contributed by atoms with Crippen LogP contribution < -0.4 is 19.6 Å². The molecule has 1 aromatic rings. The number of halogens is 4. The number of rotatable bonds is 3. The van der Waals surface area contributed by atoms with Crippen molar-refractivity contribution in [1.29, 1.82) is 5.39 Å². The van der Waals surface area contributed by atoms with Gasteiger partial charge >= 0.3 is 7.25 Å². The van der Waals surface area contributed by atoms with Gasteiger partial charge in [-0.25, -0.2) is 0 Å². The van der Waals surface area contributed by atoms with Gasteiger partial charge in [-0.15, -0.1) is 0 Å². The molecular weight excluding hydrogens is 271 g/mol. The molecule has 0 bridgehead atoms. The number of ether oxygens (including phenoxy) is 3. The summed E-state index contributed by atoms with van der Waals surface area (Å²) in [6.45, 7) is 0. The summed E-state index contributed by atoms with van der Waals surface area (Å²) in [7, 11) is -1.23. The lowest BCUT2D eigenvalue weighted by Gasteiger charge is -2.10. The molecule has 0 saturated carbocycles. The molecule has 0 radical (unpaired) electrons. The highest BCUT2D eigenvalue weighted by Crippen LogP contribution is 2.35. The molecule has 0 spiro atoms. The monoisotopic (exact) mass is 284 g/mol. The Labute approximate surface area is 107 Å². The average Bonchev–Trinajstić information content (AvgIpc) is 2.37. The first-order valence-electron chi connectivity index (χ1n) is 4.68. The van der Waals surface area contributed by atoms with Crippen molar-refractivity contribution in [2.24, 2.45) is 0 Å². The predicted octanol–water partition coefficient (Wildman–Crippen LogP) is 1.29. The smallest absolute Gasteiger partial charge is 0.493 e. The SMILES string of the molecule is COc1cccc(OC)c1OC.F[B-](F)(F)F.N#[NH+]. The van der Waals surface area contributed by atoms with E-state index >= 15 is 0 Å². The zero-order chi connectivity index (χ0) is 15.5. The van der Waals surface area contributed by atoms with E-state index in [1.54, 1.807) is 21.3 Å². The first-order chi connectivity index (χ1) is 8.83. The number of para-hydroxylation sites is 1. The summed E-state index contributed by atoms with van der Waals surface area (Å²) in [6.07, 6.45) is 0. The van der Waals surface area contributed by atoms with Crippen molar-refractivity contribution in [3.05, 3.63) is 18.2 Å². The highest BCUT2D eigenvalue weighted by atomic mass is 19.5. The molecule has 5 nitrogen and oxygen atoms in total. The van der Waals surface area contributed by atoms with E-state index in [4.69, 9.17) is 25.0 Å². The molecule has 0 fully saturated rings. The highest BCUT2D eigenvalue weighted by Gasteiger charge is 2.20. The van der Waals surface area contributed by atoms with E-state index in [2.05, 4.69) is 0 Å². The zero-order valence-electron chi connectivity index (χ0n) is 10.5. The van der Waals surface area contributed by atoms with E-state index < -0.39 is 7.25 Å². The Bertz CT molecular complexity index is 359. The minimum absolute atomic E-state index is 0.627. The summed E-state index contributed by atoms with van der Waals surface area (Å²) in [6, 6.07) is 5.49. The summed E-state index contributed by atoms with van der Waals surface area (Å²) in [4.78, 5) is 0. The van der Waals surface area contributed by atoms with E-state index in [1.807, 2.05) is 18.2 Å². The third kappa shape index (κ3) is 9.52. The first kappa shape index (κ1) is 19.2. The van der Waals surface area contributed by atoms with Crippen LogP contribution in [-0.2, 0) is 0 Å². The lowest BCUT2D eigenvalue weighted by molar-refractivity contribution is -0.175. The van der Waals surface area contributed by atoms with Gasteiger partial charge in [0.25, 0.3) is 0 Å². The van der Waals surface area contributed by atoms with E-state index in [1.165, 1.54) is 0 Å². The molecule has 0 heterocycles. The third-order valence-electron chi connectivity index (χ3n) is 1.59. The van der Waals surface area contributed by atoms with E-state index in [9.17, 15) is 17.3 Å².